The fourth-order valence-corrected chi connectivity index (χ4v) is 11.6. The van der Waals surface area contributed by atoms with Crippen molar-refractivity contribution in [2.45, 2.75) is 205 Å². The molecule has 25 heteroatoms. The minimum atomic E-state index is -1.51. The van der Waals surface area contributed by atoms with Crippen LogP contribution in [-0.2, 0) is 54.3 Å². The third kappa shape index (κ3) is 23.3. The Morgan fingerprint density at radius 1 is 0.933 bits per heavy atom. The summed E-state index contributed by atoms with van der Waals surface area (Å²) in [5, 5.41) is 43.7. The number of likely N-dealkylation sites (tertiary alicyclic amines) is 1. The zero-order valence-corrected chi connectivity index (χ0v) is 54.4. The Labute approximate surface area is 528 Å². The number of hydrogen-bond donors (Lipinski definition) is 8. The molecule has 0 bridgehead atoms. The molecule has 9 amide bonds. The maximum absolute atomic E-state index is 13.8. The van der Waals surface area contributed by atoms with E-state index in [1.54, 1.807) is 88.6 Å². The van der Waals surface area contributed by atoms with Crippen molar-refractivity contribution in [3.8, 4) is 0 Å². The van der Waals surface area contributed by atoms with Crippen LogP contribution in [0.2, 0.25) is 0 Å². The molecule has 0 spiro atoms. The number of esters is 1. The molecule has 0 aromatic heterocycles. The van der Waals surface area contributed by atoms with E-state index >= 15 is 0 Å². The number of nitrogens with zero attached hydrogens (tertiary/aromatic N) is 3. The molecule has 1 aromatic carbocycles. The molecular formula is C64H98N8O16S. The standard InChI is InChI=1S/C64H98N8O16S/c1-11-47(73)43(7)56-48(86-56)37-63(8,83)27-15-17-41(5)55-42(6)20-25-50(64(9,84)28-26-40(4)35-53(76)88-55)87-62(82)71-33-31-70(32-34-71)61(81)85-38-44-21-23-45(24-22-44)67-57(77)46(18-16-29-66-60(65)80)68-58(78)54(39(2)3)69-51(74)19-13-12-14-30-72-52(75)36-49(89-10)59(72)79/h15,17,20-25,27,39-40,42-43,46-50,54-56,73,83-84H,11-14,16,18-19,26,28-38H2,1-10H3,(H,67,77)(H,68,78)(H,69,74)(H3,65,66,80)/b25-20+,27-15+,41-17+/t40-,42+,43-,46+,47+,48-,49?,50+,54+,55-,56-,63+,64-/m1/s1. The number of amides is 9. The van der Waals surface area contributed by atoms with Gasteiger partial charge in [0.2, 0.25) is 29.5 Å². The van der Waals surface area contributed by atoms with Crippen molar-refractivity contribution in [3.05, 3.63) is 65.8 Å². The summed E-state index contributed by atoms with van der Waals surface area (Å²) in [6.07, 6.45) is 10.5. The molecule has 4 aliphatic rings. The Morgan fingerprint density at radius 3 is 2.24 bits per heavy atom. The molecule has 24 nitrogen and oxygen atoms in total. The van der Waals surface area contributed by atoms with Crippen LogP contribution in [0.4, 0.5) is 20.1 Å². The fourth-order valence-electron chi connectivity index (χ4n) is 11.0. The Bertz CT molecular complexity index is 2680. The summed E-state index contributed by atoms with van der Waals surface area (Å²) in [6.45, 7) is 17.1. The van der Waals surface area contributed by atoms with Crippen LogP contribution in [0.15, 0.2) is 60.2 Å². The van der Waals surface area contributed by atoms with Gasteiger partial charge in [0.15, 0.2) is 6.10 Å². The number of allylic oxidation sites excluding steroid dienone is 2. The van der Waals surface area contributed by atoms with Crippen LogP contribution in [0.25, 0.3) is 0 Å². The number of epoxide rings is 1. The molecule has 13 atom stereocenters. The number of carbonyl (C=O) groups is 9. The second kappa shape index (κ2) is 34.6. The van der Waals surface area contributed by atoms with Crippen LogP contribution >= 0.6 is 11.8 Å². The van der Waals surface area contributed by atoms with Crippen LogP contribution in [0.1, 0.15) is 145 Å². The highest BCUT2D eigenvalue weighted by atomic mass is 32.2. The average Bonchev–Trinajstić information content (AvgIpc) is 3.44. The summed E-state index contributed by atoms with van der Waals surface area (Å²) in [6, 6.07) is 3.72. The summed E-state index contributed by atoms with van der Waals surface area (Å²) in [4.78, 5) is 121. The molecule has 4 heterocycles. The average molecular weight is 1270 g/mol. The summed E-state index contributed by atoms with van der Waals surface area (Å²) >= 11 is 1.35. The quantitative estimate of drug-likeness (QED) is 0.00906. The minimum absolute atomic E-state index is 0.0510. The number of nitrogens with two attached hydrogens (primary N) is 1. The third-order valence-electron chi connectivity index (χ3n) is 16.9. The van der Waals surface area contributed by atoms with Crippen LogP contribution in [0.5, 0.6) is 0 Å². The number of aliphatic hydroxyl groups excluding tert-OH is 1. The molecular weight excluding hydrogens is 1170 g/mol. The monoisotopic (exact) mass is 1270 g/mol. The van der Waals surface area contributed by atoms with Crippen molar-refractivity contribution in [1.82, 2.24) is 30.7 Å². The summed E-state index contributed by atoms with van der Waals surface area (Å²) in [7, 11) is 0. The molecule has 9 N–H and O–H groups in total. The van der Waals surface area contributed by atoms with Gasteiger partial charge in [-0.15, -0.1) is 0 Å². The number of carbonyl (C=O) groups excluding carboxylic acids is 9. The van der Waals surface area contributed by atoms with Crippen molar-refractivity contribution in [1.29, 1.82) is 0 Å². The lowest BCUT2D eigenvalue weighted by Gasteiger charge is -2.37. The van der Waals surface area contributed by atoms with E-state index in [1.165, 1.54) is 26.5 Å². The molecule has 5 rings (SSSR count). The normalized spacial score (nSPS) is 26.0. The number of benzene rings is 1. The largest absolute Gasteiger partial charge is 0.457 e. The zero-order chi connectivity index (χ0) is 65.8. The first-order chi connectivity index (χ1) is 42.0. The van der Waals surface area contributed by atoms with Gasteiger partial charge in [-0.25, -0.2) is 14.4 Å². The number of hydrogen-bond acceptors (Lipinski definition) is 17. The number of aliphatic hydroxyl groups is 3. The lowest BCUT2D eigenvalue weighted by atomic mass is 9.87. The van der Waals surface area contributed by atoms with Crippen molar-refractivity contribution in [2.75, 3.05) is 50.8 Å². The first kappa shape index (κ1) is 73.2. The van der Waals surface area contributed by atoms with Gasteiger partial charge in [0, 0.05) is 82.5 Å². The van der Waals surface area contributed by atoms with E-state index in [0.29, 0.717) is 55.3 Å². The smallest absolute Gasteiger partial charge is 0.410 e. The first-order valence-electron chi connectivity index (χ1n) is 31.3. The number of anilines is 1. The predicted octanol–water partition coefficient (Wildman–Crippen LogP) is 6.00. The van der Waals surface area contributed by atoms with Crippen molar-refractivity contribution in [2.24, 2.45) is 29.4 Å². The highest BCUT2D eigenvalue weighted by Gasteiger charge is 2.47. The number of ether oxygens (including phenoxy) is 4. The number of primary amides is 1. The molecule has 0 saturated carbocycles. The zero-order valence-electron chi connectivity index (χ0n) is 53.5. The topological polar surface area (TPSA) is 338 Å². The number of unbranched alkanes of at least 4 members (excludes halogenated alkanes) is 2. The van der Waals surface area contributed by atoms with Gasteiger partial charge in [0.1, 0.15) is 30.4 Å². The van der Waals surface area contributed by atoms with Gasteiger partial charge >= 0.3 is 24.2 Å². The van der Waals surface area contributed by atoms with E-state index in [9.17, 15) is 58.5 Å². The number of thioether (sulfide) groups is 1. The van der Waals surface area contributed by atoms with Gasteiger partial charge in [0.25, 0.3) is 0 Å². The molecule has 4 aliphatic heterocycles. The number of piperazine rings is 1. The lowest BCUT2D eigenvalue weighted by Crippen LogP contribution is -2.54. The molecule has 3 saturated heterocycles. The number of nitrogens with one attached hydrogen (secondary N) is 4. The van der Waals surface area contributed by atoms with Crippen LogP contribution in [0.3, 0.4) is 0 Å². The van der Waals surface area contributed by atoms with Crippen molar-refractivity contribution >= 4 is 71.2 Å². The second-order valence-corrected chi connectivity index (χ2v) is 26.1. The Hall–Kier alpha value is -6.54. The van der Waals surface area contributed by atoms with Gasteiger partial charge in [-0.05, 0) is 113 Å². The highest BCUT2D eigenvalue weighted by molar-refractivity contribution is 8.00. The van der Waals surface area contributed by atoms with E-state index in [4.69, 9.17) is 24.7 Å². The highest BCUT2D eigenvalue weighted by Crippen LogP contribution is 2.38. The van der Waals surface area contributed by atoms with E-state index in [0.717, 1.165) is 0 Å². The Balaban J connectivity index is 1.11. The van der Waals surface area contributed by atoms with Crippen molar-refractivity contribution < 1.29 is 77.4 Å². The Morgan fingerprint density at radius 2 is 1.61 bits per heavy atom. The number of rotatable bonds is 28. The van der Waals surface area contributed by atoms with Crippen molar-refractivity contribution in [3.63, 3.8) is 0 Å². The molecule has 0 aliphatic carbocycles. The van der Waals surface area contributed by atoms with Crippen LogP contribution in [0, 0.1) is 23.7 Å². The first-order valence-corrected chi connectivity index (χ1v) is 32.6. The van der Waals surface area contributed by atoms with E-state index < -0.39 is 77.5 Å². The molecule has 1 unspecified atom stereocenters. The van der Waals surface area contributed by atoms with Gasteiger partial charge in [-0.1, -0.05) is 84.4 Å². The van der Waals surface area contributed by atoms with E-state index in [-0.39, 0.29) is 143 Å². The Kier molecular flexibility index (Phi) is 28.5. The van der Waals surface area contributed by atoms with Crippen LogP contribution < -0.4 is 27.0 Å². The molecule has 1 aromatic rings. The van der Waals surface area contributed by atoms with E-state index in [2.05, 4.69) is 21.3 Å². The number of imide groups is 1. The van der Waals surface area contributed by atoms with Gasteiger partial charge in [-0.2, -0.15) is 11.8 Å². The van der Waals surface area contributed by atoms with E-state index in [1.807, 2.05) is 34.6 Å². The summed E-state index contributed by atoms with van der Waals surface area (Å²) < 4.78 is 23.5. The number of urea groups is 1. The summed E-state index contributed by atoms with van der Waals surface area (Å²) in [5.74, 6) is -3.28. The predicted molar refractivity (Wildman–Crippen MR) is 335 cm³/mol. The maximum Gasteiger partial charge on any atom is 0.410 e. The molecule has 496 valence electrons. The van der Waals surface area contributed by atoms with Crippen LogP contribution in [-0.4, -0.2) is 188 Å². The lowest BCUT2D eigenvalue weighted by molar-refractivity contribution is -0.150. The number of cyclic esters (lactones) is 1. The third-order valence-corrected chi connectivity index (χ3v) is 17.8. The second-order valence-electron chi connectivity index (χ2n) is 25.1. The molecule has 0 radical (unpaired) electrons. The fraction of sp³-hybridized carbons (Fsp3) is 0.672. The molecule has 89 heavy (non-hydrogen) atoms. The SMILES string of the molecule is CC[C@H](O)[C@@H](C)[C@H]1O[C@@H]1C[C@@](C)(O)/C=C/C=C(\C)[C@H]1OC(=O)C[C@H](C)CC[C@@](C)(O)[C@@H](OC(=O)N2CCN(C(=O)OCc3ccc(NC(=O)[C@H](CCCNC(N)=O)NC(=O)[C@@H](NC(=O)CCCCCN4C(=O)CC(SC)C4=O)C(C)C)cc3)CC2)/C=C/[C@@H]1C. The minimum Gasteiger partial charge on any atom is -0.457 e. The van der Waals surface area contributed by atoms with Gasteiger partial charge < -0.3 is 71.1 Å². The van der Waals surface area contributed by atoms with Gasteiger partial charge in [0.05, 0.1) is 29.2 Å². The maximum atomic E-state index is 13.8. The summed E-state index contributed by atoms with van der Waals surface area (Å²) in [5.41, 5.74) is 4.19. The van der Waals surface area contributed by atoms with Gasteiger partial charge in [-0.3, -0.25) is 33.7 Å². The molecule has 3 fully saturated rings.